The lowest BCUT2D eigenvalue weighted by molar-refractivity contribution is 0.188. The molecule has 0 spiro atoms. The van der Waals surface area contributed by atoms with E-state index in [4.69, 9.17) is 20.2 Å². The maximum Gasteiger partial charge on any atom is 0.145 e. The number of hydrogen-bond acceptors (Lipinski definition) is 4. The van der Waals surface area contributed by atoms with Crippen molar-refractivity contribution in [2.45, 2.75) is 26.3 Å². The number of hydrogen-bond donors (Lipinski definition) is 1. The van der Waals surface area contributed by atoms with Gasteiger partial charge in [0.2, 0.25) is 0 Å². The van der Waals surface area contributed by atoms with Gasteiger partial charge in [-0.1, -0.05) is 56.3 Å². The first-order chi connectivity index (χ1) is 15.5. The van der Waals surface area contributed by atoms with Crippen LogP contribution in [0.15, 0.2) is 59.1 Å². The third kappa shape index (κ3) is 4.00. The Bertz CT molecular complexity index is 1250. The number of nitrogen functional groups attached to an aromatic ring is 1. The van der Waals surface area contributed by atoms with Crippen molar-refractivity contribution in [2.24, 2.45) is 0 Å². The summed E-state index contributed by atoms with van der Waals surface area (Å²) in [6, 6.07) is 18.5. The molecule has 0 amide bonds. The van der Waals surface area contributed by atoms with Gasteiger partial charge in [0.05, 0.1) is 18.2 Å². The molecule has 4 aromatic rings. The van der Waals surface area contributed by atoms with E-state index in [9.17, 15) is 0 Å². The third-order valence-corrected chi connectivity index (χ3v) is 6.55. The summed E-state index contributed by atoms with van der Waals surface area (Å²) < 4.78 is 14.3. The van der Waals surface area contributed by atoms with E-state index in [1.807, 2.05) is 30.3 Å². The molecule has 0 aliphatic carbocycles. The van der Waals surface area contributed by atoms with E-state index in [2.05, 4.69) is 58.6 Å². The first-order valence-corrected chi connectivity index (χ1v) is 11.5. The number of nitrogens with two attached hydrogens (primary N) is 1. The molecule has 0 saturated carbocycles. The van der Waals surface area contributed by atoms with Crippen molar-refractivity contribution in [1.29, 1.82) is 0 Å². The van der Waals surface area contributed by atoms with E-state index in [0.29, 0.717) is 24.8 Å². The zero-order valence-corrected chi connectivity index (χ0v) is 20.4. The van der Waals surface area contributed by atoms with Crippen LogP contribution >= 0.6 is 15.9 Å². The Kier molecular flexibility index (Phi) is 6.53. The fourth-order valence-corrected chi connectivity index (χ4v) is 4.58. The summed E-state index contributed by atoms with van der Waals surface area (Å²) in [7, 11) is 3.39. The monoisotopic (exact) mass is 493 g/mol. The fourth-order valence-electron chi connectivity index (χ4n) is 3.98. The topological polar surface area (TPSA) is 62.3 Å². The molecule has 4 rings (SSSR count). The number of aromatic nitrogens is 2. The average Bonchev–Trinajstić information content (AvgIpc) is 3.19. The molecule has 2 N–H and O–H groups in total. The van der Waals surface area contributed by atoms with Gasteiger partial charge in [0.15, 0.2) is 0 Å². The minimum atomic E-state index is 0.476. The number of benzene rings is 3. The zero-order valence-electron chi connectivity index (χ0n) is 18.9. The number of halogens is 1. The lowest BCUT2D eigenvalue weighted by Crippen LogP contribution is -2.07. The van der Waals surface area contributed by atoms with E-state index >= 15 is 0 Å². The normalized spacial score (nSPS) is 11.4. The van der Waals surface area contributed by atoms with Gasteiger partial charge in [0, 0.05) is 36.0 Å². The van der Waals surface area contributed by atoms with Crippen LogP contribution < -0.4 is 10.5 Å². The van der Waals surface area contributed by atoms with Crippen LogP contribution in [0.1, 0.15) is 25.3 Å². The second-order valence-corrected chi connectivity index (χ2v) is 8.87. The smallest absolute Gasteiger partial charge is 0.145 e. The van der Waals surface area contributed by atoms with E-state index in [1.165, 1.54) is 5.56 Å². The van der Waals surface area contributed by atoms with Gasteiger partial charge in [0.25, 0.3) is 0 Å². The van der Waals surface area contributed by atoms with E-state index < -0.39 is 0 Å². The highest BCUT2D eigenvalue weighted by molar-refractivity contribution is 9.10. The molecule has 1 heterocycles. The highest BCUT2D eigenvalue weighted by atomic mass is 79.9. The Labute approximate surface area is 197 Å². The van der Waals surface area contributed by atoms with Crippen LogP contribution in [0, 0.1) is 0 Å². The van der Waals surface area contributed by atoms with Crippen molar-refractivity contribution < 1.29 is 9.47 Å². The third-order valence-electron chi connectivity index (χ3n) is 5.75. The van der Waals surface area contributed by atoms with Crippen LogP contribution in [0.4, 0.5) is 5.69 Å². The highest BCUT2D eigenvalue weighted by Crippen LogP contribution is 2.43. The van der Waals surface area contributed by atoms with Crippen LogP contribution in [0.5, 0.6) is 5.75 Å². The number of nitrogens with zero attached hydrogens (tertiary/aromatic N) is 2. The van der Waals surface area contributed by atoms with Gasteiger partial charge in [-0.15, -0.1) is 0 Å². The maximum absolute atomic E-state index is 6.28. The summed E-state index contributed by atoms with van der Waals surface area (Å²) in [5.41, 5.74) is 13.0. The minimum Gasteiger partial charge on any atom is -0.494 e. The zero-order chi connectivity index (χ0) is 22.8. The Hall–Kier alpha value is -2.83. The molecular weight excluding hydrogens is 466 g/mol. The fraction of sp³-hybridized carbons (Fsp3) is 0.269. The second kappa shape index (κ2) is 9.35. The van der Waals surface area contributed by atoms with Crippen LogP contribution in [-0.4, -0.2) is 30.4 Å². The van der Waals surface area contributed by atoms with Gasteiger partial charge >= 0.3 is 0 Å². The summed E-state index contributed by atoms with van der Waals surface area (Å²) in [6.45, 7) is 5.61. The minimum absolute atomic E-state index is 0.476. The molecule has 5 nitrogen and oxygen atoms in total. The molecule has 0 saturated heterocycles. The highest BCUT2D eigenvalue weighted by Gasteiger charge is 2.22. The quantitative estimate of drug-likeness (QED) is 0.298. The molecule has 32 heavy (non-hydrogen) atoms. The van der Waals surface area contributed by atoms with Gasteiger partial charge in [-0.25, -0.2) is 4.98 Å². The Morgan fingerprint density at radius 3 is 2.38 bits per heavy atom. The number of imidazole rings is 1. The molecule has 0 bridgehead atoms. The number of anilines is 1. The molecule has 166 valence electrons. The van der Waals surface area contributed by atoms with Crippen molar-refractivity contribution >= 4 is 32.7 Å². The van der Waals surface area contributed by atoms with E-state index in [0.717, 1.165) is 43.8 Å². The molecule has 0 unspecified atom stereocenters. The Morgan fingerprint density at radius 2 is 1.75 bits per heavy atom. The van der Waals surface area contributed by atoms with Crippen molar-refractivity contribution in [3.05, 3.63) is 64.6 Å². The number of rotatable bonds is 7. The molecule has 0 radical (unpaired) electrons. The van der Waals surface area contributed by atoms with Crippen molar-refractivity contribution in [2.75, 3.05) is 26.6 Å². The predicted octanol–water partition coefficient (Wildman–Crippen LogP) is 6.49. The number of methoxy groups -OCH3 is 2. The summed E-state index contributed by atoms with van der Waals surface area (Å²) in [4.78, 5) is 5.07. The molecule has 0 atom stereocenters. The lowest BCUT2D eigenvalue weighted by atomic mass is 10.0. The molecule has 0 fully saturated rings. The lowest BCUT2D eigenvalue weighted by Gasteiger charge is -2.14. The maximum atomic E-state index is 6.28. The van der Waals surface area contributed by atoms with Gasteiger partial charge in [-0.2, -0.15) is 0 Å². The predicted molar refractivity (Wildman–Crippen MR) is 135 cm³/mol. The van der Waals surface area contributed by atoms with Crippen molar-refractivity contribution in [1.82, 2.24) is 9.55 Å². The molecule has 0 aliphatic rings. The van der Waals surface area contributed by atoms with E-state index in [-0.39, 0.29) is 0 Å². The van der Waals surface area contributed by atoms with Crippen LogP contribution in [0.3, 0.4) is 0 Å². The molecular formula is C26H28BrN3O2. The Morgan fingerprint density at radius 1 is 1.03 bits per heavy atom. The van der Waals surface area contributed by atoms with Crippen molar-refractivity contribution in [3.63, 3.8) is 0 Å². The average molecular weight is 494 g/mol. The number of ether oxygens (including phenoxy) is 2. The molecule has 6 heteroatoms. The molecule has 0 aliphatic heterocycles. The molecule has 1 aromatic heterocycles. The van der Waals surface area contributed by atoms with E-state index in [1.54, 1.807) is 14.2 Å². The van der Waals surface area contributed by atoms with Gasteiger partial charge in [-0.3, -0.25) is 0 Å². The summed E-state index contributed by atoms with van der Waals surface area (Å²) in [5.74, 6) is 2.10. The number of para-hydroxylation sites is 1. The van der Waals surface area contributed by atoms with Gasteiger partial charge < -0.3 is 19.8 Å². The summed E-state index contributed by atoms with van der Waals surface area (Å²) in [5, 5.41) is 0. The summed E-state index contributed by atoms with van der Waals surface area (Å²) >= 11 is 3.82. The summed E-state index contributed by atoms with van der Waals surface area (Å²) in [6.07, 6.45) is 0. The SMILES string of the molecule is COCCn1c(-c2ccc(C(C)C)cc2)nc2c(Br)c(-c3ccccc3N)cc(OC)c21. The number of fused-ring (bicyclic) bond motifs is 1. The largest absolute Gasteiger partial charge is 0.494 e. The van der Waals surface area contributed by atoms with Gasteiger partial charge in [-0.05, 0) is 39.5 Å². The van der Waals surface area contributed by atoms with Crippen molar-refractivity contribution in [3.8, 4) is 28.3 Å². The van der Waals surface area contributed by atoms with Crippen LogP contribution in [0.2, 0.25) is 0 Å². The molecule has 3 aromatic carbocycles. The first-order valence-electron chi connectivity index (χ1n) is 10.7. The van der Waals surface area contributed by atoms with Crippen LogP contribution in [0.25, 0.3) is 33.5 Å². The van der Waals surface area contributed by atoms with Crippen LogP contribution in [-0.2, 0) is 11.3 Å². The van der Waals surface area contributed by atoms with Gasteiger partial charge in [0.1, 0.15) is 22.6 Å². The first kappa shape index (κ1) is 22.4. The standard InChI is InChI=1S/C26H28BrN3O2/c1-16(2)17-9-11-18(12-10-17)26-29-24-23(27)20(19-7-5-6-8-21(19)28)15-22(32-4)25(24)30(26)13-14-31-3/h5-12,15-16H,13-14,28H2,1-4H3. The second-order valence-electron chi connectivity index (χ2n) is 8.08. The Balaban J connectivity index is 1.98.